The van der Waals surface area contributed by atoms with Crippen LogP contribution in [-0.2, 0) is 5.75 Å². The first-order valence-corrected chi connectivity index (χ1v) is 6.73. The zero-order valence-corrected chi connectivity index (χ0v) is 11.3. The molecule has 0 aliphatic carbocycles. The smallest absolute Gasteiger partial charge is 0.265 e. The third-order valence-electron chi connectivity index (χ3n) is 2.60. The molecule has 0 aliphatic rings. The maximum atomic E-state index is 13.7. The summed E-state index contributed by atoms with van der Waals surface area (Å²) >= 11 is 1.30. The molecule has 1 aromatic carbocycles. The van der Waals surface area contributed by atoms with Crippen molar-refractivity contribution < 1.29 is 9.18 Å². The number of carbonyl (C=O) groups is 1. The number of hydrogen-bond donors (Lipinski definition) is 3. The van der Waals surface area contributed by atoms with Crippen molar-refractivity contribution in [3.8, 4) is 0 Å². The Morgan fingerprint density at radius 1 is 1.40 bits per heavy atom. The highest BCUT2D eigenvalue weighted by Gasteiger charge is 2.10. The third kappa shape index (κ3) is 3.25. The number of hydrazine groups is 1. The maximum Gasteiger partial charge on any atom is 0.265 e. The lowest BCUT2D eigenvalue weighted by Crippen LogP contribution is -2.30. The summed E-state index contributed by atoms with van der Waals surface area (Å²) < 4.78 is 13.7. The average Bonchev–Trinajstić information content (AvgIpc) is 2.47. The Hall–Kier alpha value is -2.12. The van der Waals surface area contributed by atoms with Gasteiger partial charge in [-0.15, -0.1) is 0 Å². The minimum atomic E-state index is -0.464. The van der Waals surface area contributed by atoms with E-state index in [-0.39, 0.29) is 5.82 Å². The van der Waals surface area contributed by atoms with E-state index in [1.54, 1.807) is 18.3 Å². The van der Waals surface area contributed by atoms with Crippen molar-refractivity contribution in [1.29, 1.82) is 0 Å². The topological polar surface area (TPSA) is 94.0 Å². The third-order valence-corrected chi connectivity index (χ3v) is 3.67. The van der Waals surface area contributed by atoms with Crippen LogP contribution in [0.3, 0.4) is 0 Å². The van der Waals surface area contributed by atoms with Gasteiger partial charge in [0.2, 0.25) is 0 Å². The van der Waals surface area contributed by atoms with Crippen molar-refractivity contribution in [2.45, 2.75) is 10.8 Å². The van der Waals surface area contributed by atoms with Crippen molar-refractivity contribution in [3.63, 3.8) is 0 Å². The van der Waals surface area contributed by atoms with E-state index in [4.69, 9.17) is 11.6 Å². The highest BCUT2D eigenvalue weighted by molar-refractivity contribution is 7.98. The molecule has 0 spiro atoms. The number of nitrogens with two attached hydrogens (primary N) is 2. The first-order valence-electron chi connectivity index (χ1n) is 5.74. The predicted octanol–water partition coefficient (Wildman–Crippen LogP) is 1.70. The highest BCUT2D eigenvalue weighted by Crippen LogP contribution is 2.26. The van der Waals surface area contributed by atoms with Gasteiger partial charge in [0.25, 0.3) is 5.91 Å². The van der Waals surface area contributed by atoms with Crippen molar-refractivity contribution in [2.24, 2.45) is 5.84 Å². The van der Waals surface area contributed by atoms with Gasteiger partial charge in [-0.2, -0.15) is 0 Å². The largest absolute Gasteiger partial charge is 0.397 e. The van der Waals surface area contributed by atoms with Gasteiger partial charge in [0.05, 0.1) is 5.69 Å². The Balaban J connectivity index is 2.17. The lowest BCUT2D eigenvalue weighted by molar-refractivity contribution is 0.0953. The fourth-order valence-corrected chi connectivity index (χ4v) is 2.46. The fraction of sp³-hybridized carbons (Fsp3) is 0.0769. The molecule has 1 amide bonds. The Kier molecular flexibility index (Phi) is 4.54. The van der Waals surface area contributed by atoms with E-state index in [1.165, 1.54) is 30.0 Å². The number of aromatic nitrogens is 1. The Morgan fingerprint density at radius 2 is 2.20 bits per heavy atom. The van der Waals surface area contributed by atoms with E-state index in [2.05, 4.69) is 4.98 Å². The maximum absolute atomic E-state index is 13.7. The molecule has 0 fully saturated rings. The quantitative estimate of drug-likeness (QED) is 0.345. The second-order valence-electron chi connectivity index (χ2n) is 3.97. The summed E-state index contributed by atoms with van der Waals surface area (Å²) in [5.41, 5.74) is 9.01. The summed E-state index contributed by atoms with van der Waals surface area (Å²) in [6.07, 6.45) is 1.62. The predicted molar refractivity (Wildman–Crippen MR) is 76.3 cm³/mol. The fourth-order valence-electron chi connectivity index (χ4n) is 1.58. The SMILES string of the molecule is NNC(=O)c1ccc(F)c(CSc2ncccc2N)c1. The Labute approximate surface area is 119 Å². The monoisotopic (exact) mass is 292 g/mol. The van der Waals surface area contributed by atoms with E-state index in [0.717, 1.165) is 0 Å². The standard InChI is InChI=1S/C13H13FN4OS/c14-10-4-3-8(12(19)18-16)6-9(10)7-20-13-11(15)2-1-5-17-13/h1-6H,7,15-16H2,(H,18,19). The van der Waals surface area contributed by atoms with Crippen LogP contribution in [0.25, 0.3) is 0 Å². The summed E-state index contributed by atoms with van der Waals surface area (Å²) in [7, 11) is 0. The van der Waals surface area contributed by atoms with Gasteiger partial charge in [0, 0.05) is 17.5 Å². The van der Waals surface area contributed by atoms with Crippen LogP contribution in [0.1, 0.15) is 15.9 Å². The van der Waals surface area contributed by atoms with Crippen molar-refractivity contribution in [3.05, 3.63) is 53.5 Å². The molecule has 0 saturated heterocycles. The summed E-state index contributed by atoms with van der Waals surface area (Å²) in [5, 5.41) is 0.626. The number of halogens is 1. The van der Waals surface area contributed by atoms with Crippen LogP contribution < -0.4 is 17.0 Å². The summed E-state index contributed by atoms with van der Waals surface area (Å²) in [4.78, 5) is 15.5. The number of anilines is 1. The molecular weight excluding hydrogens is 279 g/mol. The van der Waals surface area contributed by atoms with Crippen LogP contribution in [0.4, 0.5) is 10.1 Å². The molecule has 0 atom stereocenters. The molecule has 7 heteroatoms. The average molecular weight is 292 g/mol. The molecule has 0 bridgehead atoms. The molecule has 0 radical (unpaired) electrons. The summed E-state index contributed by atoms with van der Waals surface area (Å²) in [5.74, 6) is 4.52. The minimum absolute atomic E-state index is 0.304. The van der Waals surface area contributed by atoms with Gasteiger partial charge in [-0.3, -0.25) is 10.2 Å². The summed E-state index contributed by atoms with van der Waals surface area (Å²) in [6.45, 7) is 0. The number of pyridine rings is 1. The highest BCUT2D eigenvalue weighted by atomic mass is 32.2. The van der Waals surface area contributed by atoms with Gasteiger partial charge in [0.15, 0.2) is 0 Å². The number of carbonyl (C=O) groups excluding carboxylic acids is 1. The minimum Gasteiger partial charge on any atom is -0.397 e. The second kappa shape index (κ2) is 6.36. The van der Waals surface area contributed by atoms with Crippen LogP contribution in [0.2, 0.25) is 0 Å². The number of nitrogens with zero attached hydrogens (tertiary/aromatic N) is 1. The van der Waals surface area contributed by atoms with Crippen molar-refractivity contribution >= 4 is 23.4 Å². The molecule has 0 unspecified atom stereocenters. The van der Waals surface area contributed by atoms with Gasteiger partial charge in [-0.1, -0.05) is 11.8 Å². The van der Waals surface area contributed by atoms with E-state index >= 15 is 0 Å². The van der Waals surface area contributed by atoms with Crippen LogP contribution in [0, 0.1) is 5.82 Å². The molecule has 0 saturated carbocycles. The number of benzene rings is 1. The molecule has 2 rings (SSSR count). The molecule has 1 aromatic heterocycles. The second-order valence-corrected chi connectivity index (χ2v) is 4.93. The summed E-state index contributed by atoms with van der Waals surface area (Å²) in [6, 6.07) is 7.53. The number of hydrogen-bond acceptors (Lipinski definition) is 5. The molecule has 0 aliphatic heterocycles. The van der Waals surface area contributed by atoms with Crippen molar-refractivity contribution in [2.75, 3.05) is 5.73 Å². The van der Waals surface area contributed by atoms with E-state index < -0.39 is 5.91 Å². The zero-order valence-electron chi connectivity index (χ0n) is 10.5. The van der Waals surface area contributed by atoms with Crippen LogP contribution in [-0.4, -0.2) is 10.9 Å². The Bertz CT molecular complexity index is 636. The number of nitrogen functional groups attached to an aromatic ring is 2. The Morgan fingerprint density at radius 3 is 2.90 bits per heavy atom. The van der Waals surface area contributed by atoms with Crippen LogP contribution in [0.5, 0.6) is 0 Å². The van der Waals surface area contributed by atoms with Gasteiger partial charge < -0.3 is 5.73 Å². The zero-order chi connectivity index (χ0) is 14.5. The molecule has 104 valence electrons. The lowest BCUT2D eigenvalue weighted by atomic mass is 10.1. The van der Waals surface area contributed by atoms with Gasteiger partial charge in [-0.25, -0.2) is 15.2 Å². The van der Waals surface area contributed by atoms with E-state index in [9.17, 15) is 9.18 Å². The van der Waals surface area contributed by atoms with E-state index in [0.29, 0.717) is 27.6 Å². The van der Waals surface area contributed by atoms with Crippen molar-refractivity contribution in [1.82, 2.24) is 10.4 Å². The number of nitrogens with one attached hydrogen (secondary N) is 1. The molecule has 5 nitrogen and oxygen atoms in total. The van der Waals surface area contributed by atoms with Gasteiger partial charge >= 0.3 is 0 Å². The van der Waals surface area contributed by atoms with Gasteiger partial charge in [0.1, 0.15) is 10.8 Å². The lowest BCUT2D eigenvalue weighted by Gasteiger charge is -2.07. The first-order chi connectivity index (χ1) is 9.61. The number of amides is 1. The number of rotatable bonds is 4. The van der Waals surface area contributed by atoms with Crippen LogP contribution in [0.15, 0.2) is 41.6 Å². The molecular formula is C13H13FN4OS. The number of thioether (sulfide) groups is 1. The first kappa shape index (κ1) is 14.3. The van der Waals surface area contributed by atoms with Crippen LogP contribution >= 0.6 is 11.8 Å². The van der Waals surface area contributed by atoms with E-state index in [1.807, 2.05) is 5.43 Å². The molecule has 2 aromatic rings. The molecule has 20 heavy (non-hydrogen) atoms. The normalized spacial score (nSPS) is 10.3. The van der Waals surface area contributed by atoms with Gasteiger partial charge in [-0.05, 0) is 35.9 Å². The molecule has 5 N–H and O–H groups in total. The molecule has 1 heterocycles.